The lowest BCUT2D eigenvalue weighted by atomic mass is 9.83. The molecular formula is C15H22O3. The van der Waals surface area contributed by atoms with E-state index in [1.54, 1.807) is 6.08 Å². The van der Waals surface area contributed by atoms with Crippen LogP contribution in [-0.4, -0.2) is 29.0 Å². The van der Waals surface area contributed by atoms with Gasteiger partial charge in [-0.1, -0.05) is 50.3 Å². The quantitative estimate of drug-likeness (QED) is 0.729. The van der Waals surface area contributed by atoms with Crippen molar-refractivity contribution in [1.82, 2.24) is 0 Å². The number of rotatable bonds is 7. The first-order chi connectivity index (χ1) is 8.51. The molecule has 0 aliphatic carbocycles. The van der Waals surface area contributed by atoms with Gasteiger partial charge in [0, 0.05) is 5.41 Å². The zero-order valence-corrected chi connectivity index (χ0v) is 11.0. The van der Waals surface area contributed by atoms with Gasteiger partial charge in [-0.25, -0.2) is 0 Å². The Kier molecular flexibility index (Phi) is 5.54. The van der Waals surface area contributed by atoms with E-state index in [1.165, 1.54) is 0 Å². The molecular weight excluding hydrogens is 228 g/mol. The summed E-state index contributed by atoms with van der Waals surface area (Å²) in [5.41, 5.74) is 0.629. The highest BCUT2D eigenvalue weighted by atomic mass is 16.5. The third-order valence-corrected chi connectivity index (χ3v) is 3.07. The van der Waals surface area contributed by atoms with Crippen molar-refractivity contribution in [3.8, 4) is 0 Å². The summed E-state index contributed by atoms with van der Waals surface area (Å²) in [7, 11) is 0. The zero-order chi connectivity index (χ0) is 13.6. The molecule has 3 heteroatoms. The van der Waals surface area contributed by atoms with Gasteiger partial charge in [0.1, 0.15) is 6.10 Å². The average molecular weight is 250 g/mol. The van der Waals surface area contributed by atoms with Gasteiger partial charge in [0.05, 0.1) is 19.3 Å². The highest BCUT2D eigenvalue weighted by Gasteiger charge is 2.33. The Hall–Kier alpha value is -1.16. The van der Waals surface area contributed by atoms with Gasteiger partial charge in [-0.2, -0.15) is 0 Å². The van der Waals surface area contributed by atoms with Crippen molar-refractivity contribution in [2.45, 2.75) is 32.7 Å². The molecule has 0 heterocycles. The maximum absolute atomic E-state index is 9.84. The number of ether oxygens (including phenoxy) is 1. The zero-order valence-electron chi connectivity index (χ0n) is 11.0. The van der Waals surface area contributed by atoms with E-state index in [0.29, 0.717) is 6.61 Å². The fourth-order valence-electron chi connectivity index (χ4n) is 1.79. The van der Waals surface area contributed by atoms with E-state index in [9.17, 15) is 5.11 Å². The van der Waals surface area contributed by atoms with Gasteiger partial charge in [0.15, 0.2) is 0 Å². The van der Waals surface area contributed by atoms with Crippen LogP contribution in [0.3, 0.4) is 0 Å². The highest BCUT2D eigenvalue weighted by Crippen LogP contribution is 2.28. The highest BCUT2D eigenvalue weighted by molar-refractivity contribution is 5.13. The van der Waals surface area contributed by atoms with E-state index in [2.05, 4.69) is 6.58 Å². The van der Waals surface area contributed by atoms with Crippen LogP contribution < -0.4 is 0 Å². The molecule has 3 nitrogen and oxygen atoms in total. The summed E-state index contributed by atoms with van der Waals surface area (Å²) < 4.78 is 5.76. The minimum Gasteiger partial charge on any atom is -0.394 e. The minimum absolute atomic E-state index is 0.323. The smallest absolute Gasteiger partial charge is 0.104 e. The number of hydrogen-bond donors (Lipinski definition) is 2. The van der Waals surface area contributed by atoms with Crippen LogP contribution in [0.15, 0.2) is 43.0 Å². The van der Waals surface area contributed by atoms with Gasteiger partial charge < -0.3 is 14.9 Å². The Labute approximate surface area is 109 Å². The standard InChI is InChI=1S/C15H22O3/c1-4-15(2,3)14(13(17)10-16)18-11-12-8-6-5-7-9-12/h4-9,13-14,16-17H,1,10-11H2,2-3H3/t13-,14-/m1/s1. The van der Waals surface area contributed by atoms with Gasteiger partial charge in [-0.05, 0) is 5.56 Å². The summed E-state index contributed by atoms with van der Waals surface area (Å²) in [6.07, 6.45) is 0.337. The van der Waals surface area contributed by atoms with Gasteiger partial charge in [-0.3, -0.25) is 0 Å². The fraction of sp³-hybridized carbons (Fsp3) is 0.467. The molecule has 0 unspecified atom stereocenters. The fourth-order valence-corrected chi connectivity index (χ4v) is 1.79. The molecule has 1 aromatic carbocycles. The van der Waals surface area contributed by atoms with E-state index in [4.69, 9.17) is 9.84 Å². The van der Waals surface area contributed by atoms with E-state index in [1.807, 2.05) is 44.2 Å². The third-order valence-electron chi connectivity index (χ3n) is 3.07. The predicted molar refractivity (Wildman–Crippen MR) is 72.1 cm³/mol. The van der Waals surface area contributed by atoms with Crippen molar-refractivity contribution in [3.05, 3.63) is 48.6 Å². The Morgan fingerprint density at radius 3 is 2.44 bits per heavy atom. The van der Waals surface area contributed by atoms with E-state index < -0.39 is 17.6 Å². The van der Waals surface area contributed by atoms with Crippen molar-refractivity contribution in [2.75, 3.05) is 6.61 Å². The molecule has 0 aromatic heterocycles. The first kappa shape index (κ1) is 14.9. The van der Waals surface area contributed by atoms with Gasteiger partial charge in [-0.15, -0.1) is 6.58 Å². The molecule has 1 rings (SSSR count). The van der Waals surface area contributed by atoms with Crippen molar-refractivity contribution < 1.29 is 14.9 Å². The topological polar surface area (TPSA) is 49.7 Å². The van der Waals surface area contributed by atoms with Crippen LogP contribution >= 0.6 is 0 Å². The van der Waals surface area contributed by atoms with Crippen LogP contribution in [0.4, 0.5) is 0 Å². The van der Waals surface area contributed by atoms with Crippen LogP contribution in [0.25, 0.3) is 0 Å². The molecule has 100 valence electrons. The second-order valence-corrected chi connectivity index (χ2v) is 4.99. The number of benzene rings is 1. The van der Waals surface area contributed by atoms with Crippen molar-refractivity contribution in [1.29, 1.82) is 0 Å². The molecule has 0 fully saturated rings. The molecule has 0 spiro atoms. The van der Waals surface area contributed by atoms with E-state index in [0.717, 1.165) is 5.56 Å². The Balaban J connectivity index is 2.71. The molecule has 1 aromatic rings. The summed E-state index contributed by atoms with van der Waals surface area (Å²) >= 11 is 0. The second-order valence-electron chi connectivity index (χ2n) is 4.99. The Morgan fingerprint density at radius 2 is 1.94 bits per heavy atom. The lowest BCUT2D eigenvalue weighted by Gasteiger charge is -2.34. The summed E-state index contributed by atoms with van der Waals surface area (Å²) in [6, 6.07) is 9.74. The van der Waals surface area contributed by atoms with Gasteiger partial charge in [0.2, 0.25) is 0 Å². The summed E-state index contributed by atoms with van der Waals surface area (Å²) in [4.78, 5) is 0. The summed E-state index contributed by atoms with van der Waals surface area (Å²) in [6.45, 7) is 7.68. The molecule has 0 saturated carbocycles. The molecule has 0 amide bonds. The number of aliphatic hydroxyl groups excluding tert-OH is 2. The molecule has 0 bridgehead atoms. The van der Waals surface area contributed by atoms with Gasteiger partial charge in [0.25, 0.3) is 0 Å². The average Bonchev–Trinajstić information content (AvgIpc) is 2.39. The summed E-state index contributed by atoms with van der Waals surface area (Å²) in [5, 5.41) is 18.9. The van der Waals surface area contributed by atoms with Crippen LogP contribution in [-0.2, 0) is 11.3 Å². The third kappa shape index (κ3) is 3.95. The van der Waals surface area contributed by atoms with Crippen LogP contribution in [0.2, 0.25) is 0 Å². The molecule has 2 atom stereocenters. The maximum atomic E-state index is 9.84. The number of hydrogen-bond acceptors (Lipinski definition) is 3. The molecule has 0 aliphatic rings. The Bertz CT molecular complexity index is 359. The first-order valence-electron chi connectivity index (χ1n) is 6.09. The SMILES string of the molecule is C=CC(C)(C)[C@H](OCc1ccccc1)[C@H](O)CO. The Morgan fingerprint density at radius 1 is 1.33 bits per heavy atom. The van der Waals surface area contributed by atoms with E-state index in [-0.39, 0.29) is 6.61 Å². The molecule has 0 radical (unpaired) electrons. The predicted octanol–water partition coefficient (Wildman–Crippen LogP) is 2.14. The lowest BCUT2D eigenvalue weighted by Crippen LogP contribution is -2.42. The van der Waals surface area contributed by atoms with E-state index >= 15 is 0 Å². The van der Waals surface area contributed by atoms with Crippen molar-refractivity contribution >= 4 is 0 Å². The lowest BCUT2D eigenvalue weighted by molar-refractivity contribution is -0.105. The number of aliphatic hydroxyl groups is 2. The molecule has 0 aliphatic heterocycles. The second kappa shape index (κ2) is 6.69. The van der Waals surface area contributed by atoms with Gasteiger partial charge >= 0.3 is 0 Å². The summed E-state index contributed by atoms with van der Waals surface area (Å²) in [5.74, 6) is 0. The van der Waals surface area contributed by atoms with Crippen molar-refractivity contribution in [3.63, 3.8) is 0 Å². The largest absolute Gasteiger partial charge is 0.394 e. The normalized spacial score (nSPS) is 15.1. The van der Waals surface area contributed by atoms with Crippen LogP contribution in [0, 0.1) is 5.41 Å². The molecule has 2 N–H and O–H groups in total. The minimum atomic E-state index is -0.915. The molecule has 0 saturated heterocycles. The molecule has 18 heavy (non-hydrogen) atoms. The van der Waals surface area contributed by atoms with Crippen LogP contribution in [0.5, 0.6) is 0 Å². The monoisotopic (exact) mass is 250 g/mol. The first-order valence-corrected chi connectivity index (χ1v) is 6.09. The van der Waals surface area contributed by atoms with Crippen LogP contribution in [0.1, 0.15) is 19.4 Å². The maximum Gasteiger partial charge on any atom is 0.104 e. The van der Waals surface area contributed by atoms with Crippen molar-refractivity contribution in [2.24, 2.45) is 5.41 Å².